The van der Waals surface area contributed by atoms with E-state index in [1.807, 2.05) is 13.8 Å². The van der Waals surface area contributed by atoms with Gasteiger partial charge in [-0.1, -0.05) is 0 Å². The molecule has 0 saturated heterocycles. The van der Waals surface area contributed by atoms with Crippen LogP contribution in [0.4, 0.5) is 4.79 Å². The zero-order chi connectivity index (χ0) is 9.40. The van der Waals surface area contributed by atoms with Crippen molar-refractivity contribution in [1.29, 1.82) is 0 Å². The van der Waals surface area contributed by atoms with Gasteiger partial charge in [0, 0.05) is 26.7 Å². The van der Waals surface area contributed by atoms with E-state index < -0.39 is 0 Å². The SMILES string of the molecule is CCN(CC)C(=O)NCCOC. The van der Waals surface area contributed by atoms with Crippen LogP contribution in [0.15, 0.2) is 0 Å². The van der Waals surface area contributed by atoms with Crippen LogP contribution in [0.25, 0.3) is 0 Å². The summed E-state index contributed by atoms with van der Waals surface area (Å²) in [5, 5.41) is 2.75. The Morgan fingerprint density at radius 1 is 1.42 bits per heavy atom. The third-order valence-electron chi connectivity index (χ3n) is 1.63. The molecule has 0 aromatic rings. The molecule has 0 aromatic carbocycles. The average molecular weight is 174 g/mol. The summed E-state index contributed by atoms with van der Waals surface area (Å²) in [4.78, 5) is 13.0. The highest BCUT2D eigenvalue weighted by molar-refractivity contribution is 5.73. The zero-order valence-electron chi connectivity index (χ0n) is 8.09. The number of carbonyl (C=O) groups excluding carboxylic acids is 1. The van der Waals surface area contributed by atoms with Crippen LogP contribution < -0.4 is 5.32 Å². The van der Waals surface area contributed by atoms with Crippen molar-refractivity contribution in [2.24, 2.45) is 0 Å². The second-order valence-electron chi connectivity index (χ2n) is 2.40. The molecular weight excluding hydrogens is 156 g/mol. The number of ether oxygens (including phenoxy) is 1. The quantitative estimate of drug-likeness (QED) is 0.623. The number of hydrogen-bond donors (Lipinski definition) is 1. The fourth-order valence-corrected chi connectivity index (χ4v) is 0.883. The van der Waals surface area contributed by atoms with E-state index in [0.717, 1.165) is 13.1 Å². The standard InChI is InChI=1S/C8H18N2O2/c1-4-10(5-2)8(11)9-6-7-12-3/h4-7H2,1-3H3,(H,9,11). The lowest BCUT2D eigenvalue weighted by molar-refractivity contribution is 0.182. The van der Waals surface area contributed by atoms with E-state index in [4.69, 9.17) is 4.74 Å². The minimum atomic E-state index is -0.0166. The van der Waals surface area contributed by atoms with Gasteiger partial charge in [0.15, 0.2) is 0 Å². The molecule has 0 heterocycles. The van der Waals surface area contributed by atoms with Crippen LogP contribution in [0, 0.1) is 0 Å². The molecule has 12 heavy (non-hydrogen) atoms. The molecule has 0 fully saturated rings. The molecule has 0 aliphatic carbocycles. The van der Waals surface area contributed by atoms with Gasteiger partial charge in [0.05, 0.1) is 6.61 Å². The number of rotatable bonds is 5. The molecule has 0 unspecified atom stereocenters. The Bertz CT molecular complexity index is 124. The fraction of sp³-hybridized carbons (Fsp3) is 0.875. The molecule has 0 spiro atoms. The highest BCUT2D eigenvalue weighted by atomic mass is 16.5. The summed E-state index contributed by atoms with van der Waals surface area (Å²) in [7, 11) is 1.61. The molecule has 0 aliphatic heterocycles. The van der Waals surface area contributed by atoms with E-state index in [1.165, 1.54) is 0 Å². The Morgan fingerprint density at radius 3 is 2.42 bits per heavy atom. The topological polar surface area (TPSA) is 41.6 Å². The van der Waals surface area contributed by atoms with Gasteiger partial charge in [0.2, 0.25) is 0 Å². The predicted molar refractivity (Wildman–Crippen MR) is 48.2 cm³/mol. The summed E-state index contributed by atoms with van der Waals surface area (Å²) in [6, 6.07) is -0.0166. The van der Waals surface area contributed by atoms with Crippen molar-refractivity contribution in [3.8, 4) is 0 Å². The third kappa shape index (κ3) is 4.18. The highest BCUT2D eigenvalue weighted by Gasteiger charge is 2.06. The summed E-state index contributed by atoms with van der Waals surface area (Å²) in [5.74, 6) is 0. The Labute approximate surface area is 73.9 Å². The van der Waals surface area contributed by atoms with Crippen LogP contribution in [-0.2, 0) is 4.74 Å². The first kappa shape index (κ1) is 11.2. The molecule has 0 rings (SSSR count). The molecule has 4 heteroatoms. The Balaban J connectivity index is 3.54. The smallest absolute Gasteiger partial charge is 0.317 e. The van der Waals surface area contributed by atoms with E-state index in [1.54, 1.807) is 12.0 Å². The first-order chi connectivity index (χ1) is 5.76. The fourth-order valence-electron chi connectivity index (χ4n) is 0.883. The van der Waals surface area contributed by atoms with Crippen LogP contribution >= 0.6 is 0 Å². The normalized spacial score (nSPS) is 9.58. The second kappa shape index (κ2) is 6.91. The van der Waals surface area contributed by atoms with E-state index in [0.29, 0.717) is 13.2 Å². The van der Waals surface area contributed by atoms with Crippen LogP contribution in [0.1, 0.15) is 13.8 Å². The Hall–Kier alpha value is -0.770. The lowest BCUT2D eigenvalue weighted by Crippen LogP contribution is -2.40. The molecule has 0 radical (unpaired) electrons. The van der Waals surface area contributed by atoms with Crippen molar-refractivity contribution in [2.45, 2.75) is 13.8 Å². The predicted octanol–water partition coefficient (Wildman–Crippen LogP) is 0.684. The largest absolute Gasteiger partial charge is 0.383 e. The molecule has 0 saturated carbocycles. The molecule has 2 amide bonds. The lowest BCUT2D eigenvalue weighted by atomic mass is 10.5. The number of urea groups is 1. The van der Waals surface area contributed by atoms with Gasteiger partial charge in [-0.3, -0.25) is 0 Å². The Morgan fingerprint density at radius 2 is 2.00 bits per heavy atom. The maximum absolute atomic E-state index is 11.2. The molecule has 0 aliphatic rings. The van der Waals surface area contributed by atoms with Crippen LogP contribution in [0.2, 0.25) is 0 Å². The van der Waals surface area contributed by atoms with Crippen molar-refractivity contribution in [2.75, 3.05) is 33.4 Å². The van der Waals surface area contributed by atoms with Crippen molar-refractivity contribution >= 4 is 6.03 Å². The number of carbonyl (C=O) groups is 1. The van der Waals surface area contributed by atoms with Gasteiger partial charge in [-0.15, -0.1) is 0 Å². The maximum atomic E-state index is 11.2. The van der Waals surface area contributed by atoms with Crippen molar-refractivity contribution in [1.82, 2.24) is 10.2 Å². The minimum Gasteiger partial charge on any atom is -0.383 e. The van der Waals surface area contributed by atoms with Gasteiger partial charge >= 0.3 is 6.03 Å². The van der Waals surface area contributed by atoms with Crippen molar-refractivity contribution < 1.29 is 9.53 Å². The summed E-state index contributed by atoms with van der Waals surface area (Å²) >= 11 is 0. The summed E-state index contributed by atoms with van der Waals surface area (Å²) in [6.07, 6.45) is 0. The minimum absolute atomic E-state index is 0.0166. The molecule has 0 bridgehead atoms. The first-order valence-electron chi connectivity index (χ1n) is 4.27. The average Bonchev–Trinajstić information content (AvgIpc) is 2.07. The second-order valence-corrected chi connectivity index (χ2v) is 2.40. The van der Waals surface area contributed by atoms with Gasteiger partial charge in [0.25, 0.3) is 0 Å². The molecular formula is C8H18N2O2. The number of methoxy groups -OCH3 is 1. The highest BCUT2D eigenvalue weighted by Crippen LogP contribution is 1.86. The van der Waals surface area contributed by atoms with Gasteiger partial charge in [-0.2, -0.15) is 0 Å². The van der Waals surface area contributed by atoms with Crippen molar-refractivity contribution in [3.63, 3.8) is 0 Å². The summed E-state index contributed by atoms with van der Waals surface area (Å²) in [6.45, 7) is 6.54. The first-order valence-corrected chi connectivity index (χ1v) is 4.27. The maximum Gasteiger partial charge on any atom is 0.317 e. The molecule has 4 nitrogen and oxygen atoms in total. The van der Waals surface area contributed by atoms with E-state index in [2.05, 4.69) is 5.32 Å². The number of amides is 2. The van der Waals surface area contributed by atoms with E-state index in [9.17, 15) is 4.79 Å². The van der Waals surface area contributed by atoms with Crippen LogP contribution in [0.3, 0.4) is 0 Å². The van der Waals surface area contributed by atoms with Crippen LogP contribution in [-0.4, -0.2) is 44.3 Å². The number of nitrogens with zero attached hydrogens (tertiary/aromatic N) is 1. The van der Waals surface area contributed by atoms with Gasteiger partial charge in [-0.05, 0) is 13.8 Å². The van der Waals surface area contributed by atoms with Gasteiger partial charge in [0.1, 0.15) is 0 Å². The molecule has 0 aromatic heterocycles. The summed E-state index contributed by atoms with van der Waals surface area (Å²) < 4.78 is 4.81. The van der Waals surface area contributed by atoms with Crippen LogP contribution in [0.5, 0.6) is 0 Å². The van der Waals surface area contributed by atoms with Gasteiger partial charge < -0.3 is 15.0 Å². The molecule has 0 atom stereocenters. The summed E-state index contributed by atoms with van der Waals surface area (Å²) in [5.41, 5.74) is 0. The van der Waals surface area contributed by atoms with E-state index >= 15 is 0 Å². The molecule has 1 N–H and O–H groups in total. The van der Waals surface area contributed by atoms with E-state index in [-0.39, 0.29) is 6.03 Å². The van der Waals surface area contributed by atoms with Crippen molar-refractivity contribution in [3.05, 3.63) is 0 Å². The zero-order valence-corrected chi connectivity index (χ0v) is 8.09. The number of hydrogen-bond acceptors (Lipinski definition) is 2. The Kier molecular flexibility index (Phi) is 6.47. The number of nitrogens with one attached hydrogen (secondary N) is 1. The van der Waals surface area contributed by atoms with Gasteiger partial charge in [-0.25, -0.2) is 4.79 Å². The monoisotopic (exact) mass is 174 g/mol. The third-order valence-corrected chi connectivity index (χ3v) is 1.63. The molecule has 72 valence electrons. The lowest BCUT2D eigenvalue weighted by Gasteiger charge is -2.18.